The highest BCUT2D eigenvalue weighted by molar-refractivity contribution is 5.35. The van der Waals surface area contributed by atoms with Crippen LogP contribution in [0, 0.1) is 5.92 Å². The zero-order valence-electron chi connectivity index (χ0n) is 10.5. The predicted octanol–water partition coefficient (Wildman–Crippen LogP) is 0.0619. The van der Waals surface area contributed by atoms with E-state index >= 15 is 0 Å². The number of nitrogens with zero attached hydrogens (tertiary/aromatic N) is 4. The molecule has 1 aliphatic heterocycles. The summed E-state index contributed by atoms with van der Waals surface area (Å²) in [6.45, 7) is 8.06. The first kappa shape index (κ1) is 12.0. The van der Waals surface area contributed by atoms with E-state index in [9.17, 15) is 0 Å². The Balaban J connectivity index is 2.18. The first-order valence-corrected chi connectivity index (χ1v) is 6.11. The Morgan fingerprint density at radius 3 is 2.59 bits per heavy atom. The van der Waals surface area contributed by atoms with Gasteiger partial charge in [0.1, 0.15) is 5.82 Å². The predicted molar refractivity (Wildman–Crippen MR) is 67.9 cm³/mol. The van der Waals surface area contributed by atoms with Crippen LogP contribution >= 0.6 is 0 Å². The highest BCUT2D eigenvalue weighted by Crippen LogP contribution is 2.12. The lowest BCUT2D eigenvalue weighted by Gasteiger charge is -2.27. The molecule has 2 rings (SSSR count). The molecule has 6 heteroatoms. The molecule has 1 saturated heterocycles. The second-order valence-corrected chi connectivity index (χ2v) is 4.74. The average Bonchev–Trinajstić information content (AvgIpc) is 2.28. The lowest BCUT2D eigenvalue weighted by Crippen LogP contribution is -2.44. The van der Waals surface area contributed by atoms with Crippen molar-refractivity contribution in [3.05, 3.63) is 5.82 Å². The van der Waals surface area contributed by atoms with E-state index in [4.69, 9.17) is 5.73 Å². The van der Waals surface area contributed by atoms with E-state index in [0.29, 0.717) is 11.9 Å². The summed E-state index contributed by atoms with van der Waals surface area (Å²) in [7, 11) is 0. The molecule has 1 fully saturated rings. The summed E-state index contributed by atoms with van der Waals surface area (Å²) in [4.78, 5) is 15.0. The second-order valence-electron chi connectivity index (χ2n) is 4.74. The first-order valence-electron chi connectivity index (χ1n) is 6.11. The van der Waals surface area contributed by atoms with Crippen LogP contribution < -0.4 is 16.0 Å². The highest BCUT2D eigenvalue weighted by Gasteiger charge is 2.15. The van der Waals surface area contributed by atoms with Gasteiger partial charge in [0.15, 0.2) is 0 Å². The van der Waals surface area contributed by atoms with Gasteiger partial charge in [-0.3, -0.25) is 0 Å². The van der Waals surface area contributed by atoms with Gasteiger partial charge >= 0.3 is 0 Å². The van der Waals surface area contributed by atoms with E-state index in [-0.39, 0.29) is 0 Å². The summed E-state index contributed by atoms with van der Waals surface area (Å²) in [5.74, 6) is 2.35. The molecule has 1 aliphatic rings. The number of aromatic nitrogens is 3. The van der Waals surface area contributed by atoms with Crippen molar-refractivity contribution < 1.29 is 0 Å². The molecule has 0 amide bonds. The van der Waals surface area contributed by atoms with Gasteiger partial charge < -0.3 is 16.0 Å². The fourth-order valence-corrected chi connectivity index (χ4v) is 1.89. The third-order valence-corrected chi connectivity index (χ3v) is 2.68. The standard InChI is InChI=1S/C11H20N6/c1-8(2)7-9-14-10(12)16-11(15-9)17-5-3-13-4-6-17/h8,13H,3-7H2,1-2H3,(H2,12,14,15,16). The molecular weight excluding hydrogens is 216 g/mol. The third-order valence-electron chi connectivity index (χ3n) is 2.68. The number of hydrogen-bond donors (Lipinski definition) is 2. The molecule has 0 aromatic carbocycles. The first-order chi connectivity index (χ1) is 8.15. The van der Waals surface area contributed by atoms with Gasteiger partial charge in [-0.25, -0.2) is 0 Å². The van der Waals surface area contributed by atoms with Crippen LogP contribution in [0.25, 0.3) is 0 Å². The van der Waals surface area contributed by atoms with E-state index in [2.05, 4.69) is 39.0 Å². The van der Waals surface area contributed by atoms with Crippen molar-refractivity contribution >= 4 is 11.9 Å². The Morgan fingerprint density at radius 2 is 1.94 bits per heavy atom. The van der Waals surface area contributed by atoms with Gasteiger partial charge in [-0.2, -0.15) is 15.0 Å². The SMILES string of the molecule is CC(C)Cc1nc(N)nc(N2CCNCC2)n1. The van der Waals surface area contributed by atoms with Crippen LogP contribution in [0.3, 0.4) is 0 Å². The number of nitrogens with one attached hydrogen (secondary N) is 1. The maximum Gasteiger partial charge on any atom is 0.230 e. The molecular formula is C11H20N6. The minimum Gasteiger partial charge on any atom is -0.368 e. The van der Waals surface area contributed by atoms with Gasteiger partial charge in [0, 0.05) is 32.6 Å². The maximum atomic E-state index is 5.74. The molecule has 2 heterocycles. The van der Waals surface area contributed by atoms with Crippen LogP contribution in [-0.4, -0.2) is 41.1 Å². The van der Waals surface area contributed by atoms with Crippen molar-refractivity contribution in [1.29, 1.82) is 0 Å². The number of rotatable bonds is 3. The Kier molecular flexibility index (Phi) is 3.73. The summed E-state index contributed by atoms with van der Waals surface area (Å²) in [6.07, 6.45) is 0.839. The van der Waals surface area contributed by atoms with Crippen molar-refractivity contribution in [3.8, 4) is 0 Å². The minimum atomic E-state index is 0.323. The number of hydrogen-bond acceptors (Lipinski definition) is 6. The van der Waals surface area contributed by atoms with Crippen LogP contribution in [-0.2, 0) is 6.42 Å². The largest absolute Gasteiger partial charge is 0.368 e. The fraction of sp³-hybridized carbons (Fsp3) is 0.727. The van der Waals surface area contributed by atoms with Crippen molar-refractivity contribution in [1.82, 2.24) is 20.3 Å². The van der Waals surface area contributed by atoms with Crippen LogP contribution in [0.4, 0.5) is 11.9 Å². The number of anilines is 2. The molecule has 0 unspecified atom stereocenters. The molecule has 17 heavy (non-hydrogen) atoms. The lowest BCUT2D eigenvalue weighted by atomic mass is 10.1. The Morgan fingerprint density at radius 1 is 1.24 bits per heavy atom. The Bertz CT molecular complexity index is 372. The van der Waals surface area contributed by atoms with Crippen molar-refractivity contribution in [2.45, 2.75) is 20.3 Å². The molecule has 0 atom stereocenters. The van der Waals surface area contributed by atoms with Gasteiger partial charge in [0.2, 0.25) is 11.9 Å². The summed E-state index contributed by atoms with van der Waals surface area (Å²) in [6, 6.07) is 0. The molecule has 1 aromatic rings. The highest BCUT2D eigenvalue weighted by atomic mass is 15.3. The molecule has 3 N–H and O–H groups in total. The van der Waals surface area contributed by atoms with Crippen LogP contribution in [0.5, 0.6) is 0 Å². The van der Waals surface area contributed by atoms with E-state index in [1.54, 1.807) is 0 Å². The molecule has 94 valence electrons. The normalized spacial score (nSPS) is 16.5. The summed E-state index contributed by atoms with van der Waals surface area (Å²) in [5.41, 5.74) is 5.74. The number of nitrogens with two attached hydrogens (primary N) is 1. The summed E-state index contributed by atoms with van der Waals surface area (Å²) in [5, 5.41) is 3.30. The molecule has 0 radical (unpaired) electrons. The van der Waals surface area contributed by atoms with Crippen molar-refractivity contribution in [3.63, 3.8) is 0 Å². The third kappa shape index (κ3) is 3.26. The second kappa shape index (κ2) is 5.27. The topological polar surface area (TPSA) is 80.0 Å². The number of piperazine rings is 1. The summed E-state index contributed by atoms with van der Waals surface area (Å²) >= 11 is 0. The van der Waals surface area contributed by atoms with E-state index in [1.165, 1.54) is 0 Å². The van der Waals surface area contributed by atoms with E-state index in [1.807, 2.05) is 0 Å². The quantitative estimate of drug-likeness (QED) is 0.772. The molecule has 0 saturated carbocycles. The molecule has 6 nitrogen and oxygen atoms in total. The lowest BCUT2D eigenvalue weighted by molar-refractivity contribution is 0.572. The van der Waals surface area contributed by atoms with Gasteiger partial charge in [-0.05, 0) is 5.92 Å². The van der Waals surface area contributed by atoms with Gasteiger partial charge in [0.25, 0.3) is 0 Å². The zero-order valence-corrected chi connectivity index (χ0v) is 10.5. The fourth-order valence-electron chi connectivity index (χ4n) is 1.89. The van der Waals surface area contributed by atoms with Crippen molar-refractivity contribution in [2.75, 3.05) is 36.8 Å². The maximum absolute atomic E-state index is 5.74. The molecule has 0 aliphatic carbocycles. The van der Waals surface area contributed by atoms with Crippen LogP contribution in [0.1, 0.15) is 19.7 Å². The van der Waals surface area contributed by atoms with Crippen LogP contribution in [0.2, 0.25) is 0 Å². The van der Waals surface area contributed by atoms with E-state index in [0.717, 1.165) is 44.4 Å². The Labute approximate surface area is 102 Å². The molecule has 0 spiro atoms. The summed E-state index contributed by atoms with van der Waals surface area (Å²) < 4.78 is 0. The Hall–Kier alpha value is -1.43. The van der Waals surface area contributed by atoms with Gasteiger partial charge in [0.05, 0.1) is 0 Å². The van der Waals surface area contributed by atoms with Crippen LogP contribution in [0.15, 0.2) is 0 Å². The van der Waals surface area contributed by atoms with E-state index < -0.39 is 0 Å². The molecule has 0 bridgehead atoms. The smallest absolute Gasteiger partial charge is 0.230 e. The van der Waals surface area contributed by atoms with Gasteiger partial charge in [-0.15, -0.1) is 0 Å². The van der Waals surface area contributed by atoms with Gasteiger partial charge in [-0.1, -0.05) is 13.8 Å². The van der Waals surface area contributed by atoms with Crippen molar-refractivity contribution in [2.24, 2.45) is 5.92 Å². The molecule has 1 aromatic heterocycles. The monoisotopic (exact) mass is 236 g/mol. The minimum absolute atomic E-state index is 0.323. The number of nitrogen functional groups attached to an aromatic ring is 1. The zero-order chi connectivity index (χ0) is 12.3. The average molecular weight is 236 g/mol.